The summed E-state index contributed by atoms with van der Waals surface area (Å²) in [6, 6.07) is 9.95. The van der Waals surface area contributed by atoms with Gasteiger partial charge in [-0.15, -0.1) is 12.4 Å². The van der Waals surface area contributed by atoms with Gasteiger partial charge >= 0.3 is 0 Å². The Bertz CT molecular complexity index is 657. The van der Waals surface area contributed by atoms with E-state index in [1.807, 2.05) is 0 Å². The first-order valence-electron chi connectivity index (χ1n) is 7.52. The normalized spacial score (nSPS) is 20.6. The van der Waals surface area contributed by atoms with Gasteiger partial charge in [0.05, 0.1) is 0 Å². The Morgan fingerprint density at radius 2 is 2.00 bits per heavy atom. The number of hydrogen-bond donors (Lipinski definition) is 2. The molecule has 2 atom stereocenters. The van der Waals surface area contributed by atoms with Crippen molar-refractivity contribution in [2.24, 2.45) is 0 Å². The molecular weight excluding hydrogens is 319 g/mol. The van der Waals surface area contributed by atoms with Crippen LogP contribution >= 0.6 is 12.4 Å². The van der Waals surface area contributed by atoms with E-state index in [9.17, 15) is 9.18 Å². The van der Waals surface area contributed by atoms with Gasteiger partial charge in [0.25, 0.3) is 5.91 Å². The van der Waals surface area contributed by atoms with E-state index < -0.39 is 0 Å². The van der Waals surface area contributed by atoms with Crippen LogP contribution in [0.4, 0.5) is 4.39 Å². The lowest BCUT2D eigenvalue weighted by Crippen LogP contribution is -2.46. The molecule has 6 heteroatoms. The van der Waals surface area contributed by atoms with Gasteiger partial charge in [0.1, 0.15) is 11.6 Å². The van der Waals surface area contributed by atoms with Gasteiger partial charge in [0, 0.05) is 17.6 Å². The van der Waals surface area contributed by atoms with E-state index in [1.54, 1.807) is 24.3 Å². The zero-order chi connectivity index (χ0) is 15.5. The van der Waals surface area contributed by atoms with E-state index in [2.05, 4.69) is 17.6 Å². The number of piperidine rings is 1. The predicted molar refractivity (Wildman–Crippen MR) is 89.3 cm³/mol. The fourth-order valence-corrected chi connectivity index (χ4v) is 2.75. The number of furan rings is 1. The largest absolute Gasteiger partial charge is 0.451 e. The third-order valence-electron chi connectivity index (χ3n) is 3.92. The minimum atomic E-state index is -0.298. The second-order valence-corrected chi connectivity index (χ2v) is 5.72. The third kappa shape index (κ3) is 4.33. The molecule has 1 fully saturated rings. The first-order chi connectivity index (χ1) is 10.6. The topological polar surface area (TPSA) is 54.3 Å². The van der Waals surface area contributed by atoms with Crippen LogP contribution in [0.2, 0.25) is 0 Å². The Kier molecular flexibility index (Phi) is 5.80. The maximum absolute atomic E-state index is 12.9. The number of carbonyl (C=O) groups excluding carboxylic acids is 1. The number of halogens is 2. The van der Waals surface area contributed by atoms with Gasteiger partial charge in [-0.3, -0.25) is 4.79 Å². The lowest BCUT2D eigenvalue weighted by atomic mass is 10.0. The molecule has 1 aliphatic rings. The monoisotopic (exact) mass is 338 g/mol. The summed E-state index contributed by atoms with van der Waals surface area (Å²) in [7, 11) is 0. The van der Waals surface area contributed by atoms with Crippen molar-refractivity contribution in [1.29, 1.82) is 0 Å². The average Bonchev–Trinajstić information content (AvgIpc) is 2.98. The summed E-state index contributed by atoms with van der Waals surface area (Å²) in [5.41, 5.74) is 0.746. The second-order valence-electron chi connectivity index (χ2n) is 5.72. The number of amides is 1. The molecule has 124 valence electrons. The molecule has 0 spiro atoms. The summed E-state index contributed by atoms with van der Waals surface area (Å²) in [6.45, 7) is 3.02. The predicted octanol–water partition coefficient (Wildman–Crippen LogP) is 3.38. The van der Waals surface area contributed by atoms with Crippen LogP contribution < -0.4 is 10.6 Å². The molecule has 0 bridgehead atoms. The highest BCUT2D eigenvalue weighted by Crippen LogP contribution is 2.22. The molecule has 0 radical (unpaired) electrons. The van der Waals surface area contributed by atoms with Crippen molar-refractivity contribution in [1.82, 2.24) is 10.6 Å². The summed E-state index contributed by atoms with van der Waals surface area (Å²) in [4.78, 5) is 12.2. The Hall–Kier alpha value is -1.85. The van der Waals surface area contributed by atoms with Crippen molar-refractivity contribution >= 4 is 18.3 Å². The lowest BCUT2D eigenvalue weighted by Gasteiger charge is -2.28. The Morgan fingerprint density at radius 3 is 2.70 bits per heavy atom. The fraction of sp³-hybridized carbons (Fsp3) is 0.353. The minimum absolute atomic E-state index is 0. The molecule has 2 unspecified atom stereocenters. The molecule has 1 saturated heterocycles. The van der Waals surface area contributed by atoms with E-state index in [0.717, 1.165) is 24.9 Å². The highest BCUT2D eigenvalue weighted by molar-refractivity contribution is 5.92. The summed E-state index contributed by atoms with van der Waals surface area (Å²) >= 11 is 0. The summed E-state index contributed by atoms with van der Waals surface area (Å²) in [5.74, 6) is 0.343. The molecule has 2 aromatic rings. The first-order valence-corrected chi connectivity index (χ1v) is 7.52. The van der Waals surface area contributed by atoms with Crippen LogP contribution in [0.3, 0.4) is 0 Å². The van der Waals surface area contributed by atoms with E-state index in [4.69, 9.17) is 4.42 Å². The van der Waals surface area contributed by atoms with Crippen LogP contribution in [0, 0.1) is 5.82 Å². The summed E-state index contributed by atoms with van der Waals surface area (Å²) in [6.07, 6.45) is 1.83. The standard InChI is InChI=1S/C17H19FN2O2.ClH/c1-11-10-14(8-9-19-11)20-17(21)16-7-6-15(22-16)12-2-4-13(18)5-3-12;/h2-7,11,14,19H,8-10H2,1H3,(H,20,21);1H. The Labute approximate surface area is 140 Å². The lowest BCUT2D eigenvalue weighted by molar-refractivity contribution is 0.0898. The molecule has 1 aliphatic heterocycles. The maximum Gasteiger partial charge on any atom is 0.287 e. The zero-order valence-electron chi connectivity index (χ0n) is 12.8. The quantitative estimate of drug-likeness (QED) is 0.902. The zero-order valence-corrected chi connectivity index (χ0v) is 13.7. The third-order valence-corrected chi connectivity index (χ3v) is 3.92. The van der Waals surface area contributed by atoms with Gasteiger partial charge in [-0.05, 0) is 62.7 Å². The maximum atomic E-state index is 12.9. The van der Waals surface area contributed by atoms with Gasteiger partial charge in [-0.1, -0.05) is 0 Å². The van der Waals surface area contributed by atoms with Gasteiger partial charge in [-0.25, -0.2) is 4.39 Å². The molecule has 0 aliphatic carbocycles. The van der Waals surface area contributed by atoms with E-state index in [1.165, 1.54) is 12.1 Å². The number of hydrogen-bond acceptors (Lipinski definition) is 3. The number of nitrogens with one attached hydrogen (secondary N) is 2. The van der Waals surface area contributed by atoms with Crippen molar-refractivity contribution in [3.05, 3.63) is 48.0 Å². The SMILES string of the molecule is CC1CC(NC(=O)c2ccc(-c3ccc(F)cc3)o2)CCN1.Cl. The number of benzene rings is 1. The average molecular weight is 339 g/mol. The van der Waals surface area contributed by atoms with Crippen LogP contribution in [-0.4, -0.2) is 24.5 Å². The van der Waals surface area contributed by atoms with Crippen molar-refractivity contribution in [3.63, 3.8) is 0 Å². The Morgan fingerprint density at radius 1 is 1.26 bits per heavy atom. The molecule has 0 saturated carbocycles. The fourth-order valence-electron chi connectivity index (χ4n) is 2.75. The van der Waals surface area contributed by atoms with Crippen LogP contribution in [-0.2, 0) is 0 Å². The van der Waals surface area contributed by atoms with Gasteiger partial charge in [-0.2, -0.15) is 0 Å². The molecule has 3 rings (SSSR count). The summed E-state index contributed by atoms with van der Waals surface area (Å²) < 4.78 is 18.5. The van der Waals surface area contributed by atoms with Crippen molar-refractivity contribution in [2.75, 3.05) is 6.54 Å². The second kappa shape index (κ2) is 7.62. The molecule has 4 nitrogen and oxygen atoms in total. The van der Waals surface area contributed by atoms with Crippen LogP contribution in [0.5, 0.6) is 0 Å². The number of rotatable bonds is 3. The molecule has 2 N–H and O–H groups in total. The van der Waals surface area contributed by atoms with E-state index in [-0.39, 0.29) is 35.9 Å². The van der Waals surface area contributed by atoms with Crippen molar-refractivity contribution in [3.8, 4) is 11.3 Å². The van der Waals surface area contributed by atoms with E-state index >= 15 is 0 Å². The smallest absolute Gasteiger partial charge is 0.287 e. The molecular formula is C17H20ClFN2O2. The van der Waals surface area contributed by atoms with Crippen LogP contribution in [0.1, 0.15) is 30.3 Å². The Balaban J connectivity index is 0.00000192. The van der Waals surface area contributed by atoms with Crippen LogP contribution in [0.15, 0.2) is 40.8 Å². The van der Waals surface area contributed by atoms with Gasteiger partial charge < -0.3 is 15.1 Å². The first kappa shape index (κ1) is 17.5. The van der Waals surface area contributed by atoms with Gasteiger partial charge in [0.15, 0.2) is 5.76 Å². The minimum Gasteiger partial charge on any atom is -0.451 e. The van der Waals surface area contributed by atoms with Crippen LogP contribution in [0.25, 0.3) is 11.3 Å². The molecule has 2 heterocycles. The molecule has 23 heavy (non-hydrogen) atoms. The molecule has 1 aromatic carbocycles. The highest BCUT2D eigenvalue weighted by Gasteiger charge is 2.22. The van der Waals surface area contributed by atoms with Crippen molar-refractivity contribution < 1.29 is 13.6 Å². The molecule has 1 aromatic heterocycles. The highest BCUT2D eigenvalue weighted by atomic mass is 35.5. The number of carbonyl (C=O) groups is 1. The van der Waals surface area contributed by atoms with Gasteiger partial charge in [0.2, 0.25) is 0 Å². The molecule has 1 amide bonds. The van der Waals surface area contributed by atoms with E-state index in [0.29, 0.717) is 11.8 Å². The van der Waals surface area contributed by atoms with Crippen molar-refractivity contribution in [2.45, 2.75) is 31.8 Å². The summed E-state index contributed by atoms with van der Waals surface area (Å²) in [5, 5.41) is 6.36.